The summed E-state index contributed by atoms with van der Waals surface area (Å²) < 4.78 is 4.88. The first-order valence-corrected chi connectivity index (χ1v) is 3.77. The Morgan fingerprint density at radius 1 is 1.67 bits per heavy atom. The Morgan fingerprint density at radius 3 is 2.92 bits per heavy atom. The molecule has 0 saturated carbocycles. The van der Waals surface area contributed by atoms with Crippen LogP contribution in [-0.2, 0) is 6.54 Å². The number of aryl methyl sites for hydroxylation is 1. The van der Waals surface area contributed by atoms with E-state index in [9.17, 15) is 0 Å². The summed E-state index contributed by atoms with van der Waals surface area (Å²) in [4.78, 5) is 6.01. The molecule has 66 valence electrons. The van der Waals surface area contributed by atoms with Crippen LogP contribution in [0, 0.1) is 6.92 Å². The molecule has 1 aromatic heterocycles. The number of hydrogen-bond donors (Lipinski definition) is 0. The van der Waals surface area contributed by atoms with Gasteiger partial charge in [0, 0.05) is 20.2 Å². The van der Waals surface area contributed by atoms with Gasteiger partial charge in [-0.15, -0.1) is 0 Å². The lowest BCUT2D eigenvalue weighted by Gasteiger charge is -2.00. The summed E-state index contributed by atoms with van der Waals surface area (Å²) in [5, 5.41) is 3.81. The molecule has 0 aliphatic heterocycles. The molecule has 12 heavy (non-hydrogen) atoms. The van der Waals surface area contributed by atoms with E-state index in [4.69, 9.17) is 4.52 Å². The van der Waals surface area contributed by atoms with Crippen molar-refractivity contribution in [2.45, 2.75) is 13.5 Å². The van der Waals surface area contributed by atoms with E-state index in [1.807, 2.05) is 32.0 Å². The summed E-state index contributed by atoms with van der Waals surface area (Å²) in [5.74, 6) is 0.824. The summed E-state index contributed by atoms with van der Waals surface area (Å²) >= 11 is 0. The maximum atomic E-state index is 4.88. The Labute approximate surface area is 71.9 Å². The summed E-state index contributed by atoms with van der Waals surface area (Å²) in [7, 11) is 3.86. The molecular formula is C8H13N3O. The van der Waals surface area contributed by atoms with Gasteiger partial charge in [-0.05, 0) is 6.92 Å². The summed E-state index contributed by atoms with van der Waals surface area (Å²) in [6.07, 6.45) is 1.75. The van der Waals surface area contributed by atoms with E-state index in [-0.39, 0.29) is 0 Å². The highest BCUT2D eigenvalue weighted by Gasteiger charge is 1.96. The first kappa shape index (κ1) is 8.77. The zero-order valence-electron chi connectivity index (χ0n) is 7.61. The molecule has 0 fully saturated rings. The minimum atomic E-state index is 0.579. The van der Waals surface area contributed by atoms with E-state index < -0.39 is 0 Å². The third kappa shape index (κ3) is 2.74. The van der Waals surface area contributed by atoms with Gasteiger partial charge < -0.3 is 9.42 Å². The van der Waals surface area contributed by atoms with Crippen molar-refractivity contribution >= 4 is 6.34 Å². The van der Waals surface area contributed by atoms with Gasteiger partial charge in [0.15, 0.2) is 0 Å². The van der Waals surface area contributed by atoms with Crippen LogP contribution in [0.4, 0.5) is 0 Å². The second-order valence-corrected chi connectivity index (χ2v) is 2.85. The van der Waals surface area contributed by atoms with Gasteiger partial charge in [0.25, 0.3) is 0 Å². The van der Waals surface area contributed by atoms with E-state index in [2.05, 4.69) is 10.1 Å². The van der Waals surface area contributed by atoms with Gasteiger partial charge in [-0.25, -0.2) is 0 Å². The third-order valence-electron chi connectivity index (χ3n) is 1.24. The lowest BCUT2D eigenvalue weighted by molar-refractivity contribution is 0.391. The summed E-state index contributed by atoms with van der Waals surface area (Å²) in [5.41, 5.74) is 0.866. The summed E-state index contributed by atoms with van der Waals surface area (Å²) in [6.45, 7) is 2.45. The molecule has 4 heteroatoms. The van der Waals surface area contributed by atoms with E-state index in [1.165, 1.54) is 0 Å². The average molecular weight is 167 g/mol. The molecule has 0 aliphatic carbocycles. The van der Waals surface area contributed by atoms with E-state index in [1.54, 1.807) is 6.34 Å². The first-order chi connectivity index (χ1) is 5.68. The van der Waals surface area contributed by atoms with Crippen molar-refractivity contribution in [3.8, 4) is 0 Å². The molecule has 0 unspecified atom stereocenters. The van der Waals surface area contributed by atoms with E-state index >= 15 is 0 Å². The fourth-order valence-corrected chi connectivity index (χ4v) is 0.790. The predicted octanol–water partition coefficient (Wildman–Crippen LogP) is 1.07. The number of nitrogens with zero attached hydrogens (tertiary/aromatic N) is 3. The van der Waals surface area contributed by atoms with Crippen LogP contribution in [0.2, 0.25) is 0 Å². The van der Waals surface area contributed by atoms with Gasteiger partial charge in [-0.1, -0.05) is 5.16 Å². The highest BCUT2D eigenvalue weighted by Crippen LogP contribution is 2.01. The van der Waals surface area contributed by atoms with E-state index in [0.717, 1.165) is 11.5 Å². The minimum absolute atomic E-state index is 0.579. The highest BCUT2D eigenvalue weighted by atomic mass is 16.5. The molecule has 0 atom stereocenters. The molecular weight excluding hydrogens is 154 g/mol. The Balaban J connectivity index is 2.43. The maximum Gasteiger partial charge on any atom is 0.133 e. The average Bonchev–Trinajstić information content (AvgIpc) is 2.35. The molecule has 1 aromatic rings. The Bertz CT molecular complexity index is 265. The lowest BCUT2D eigenvalue weighted by Crippen LogP contribution is -2.07. The summed E-state index contributed by atoms with van der Waals surface area (Å²) in [6, 6.07) is 1.88. The fourth-order valence-electron chi connectivity index (χ4n) is 0.790. The van der Waals surface area contributed by atoms with Crippen LogP contribution in [0.15, 0.2) is 15.6 Å². The van der Waals surface area contributed by atoms with Gasteiger partial charge in [0.2, 0.25) is 0 Å². The van der Waals surface area contributed by atoms with Crippen molar-refractivity contribution in [1.82, 2.24) is 10.1 Å². The van der Waals surface area contributed by atoms with Crippen LogP contribution in [0.1, 0.15) is 11.5 Å². The standard InChI is InChI=1S/C8H13N3O/c1-7-4-8(10-12-7)5-9-6-11(2)3/h4,6H,5H2,1-3H3/b9-6+. The van der Waals surface area contributed by atoms with E-state index in [0.29, 0.717) is 6.54 Å². The second-order valence-electron chi connectivity index (χ2n) is 2.85. The van der Waals surface area contributed by atoms with Gasteiger partial charge in [-0.3, -0.25) is 4.99 Å². The van der Waals surface area contributed by atoms with Gasteiger partial charge in [0.1, 0.15) is 11.5 Å². The largest absolute Gasteiger partial charge is 0.369 e. The van der Waals surface area contributed by atoms with Gasteiger partial charge in [0.05, 0.1) is 12.9 Å². The Kier molecular flexibility index (Phi) is 2.85. The number of rotatable bonds is 3. The quantitative estimate of drug-likeness (QED) is 0.499. The molecule has 0 saturated heterocycles. The van der Waals surface area contributed by atoms with Gasteiger partial charge >= 0.3 is 0 Å². The Hall–Kier alpha value is -1.32. The first-order valence-electron chi connectivity index (χ1n) is 3.77. The normalized spacial score (nSPS) is 10.9. The predicted molar refractivity (Wildman–Crippen MR) is 47.1 cm³/mol. The molecule has 0 radical (unpaired) electrons. The molecule has 0 spiro atoms. The van der Waals surface area contributed by atoms with Gasteiger partial charge in [-0.2, -0.15) is 0 Å². The van der Waals surface area contributed by atoms with Crippen molar-refractivity contribution in [1.29, 1.82) is 0 Å². The van der Waals surface area contributed by atoms with Crippen LogP contribution < -0.4 is 0 Å². The van der Waals surface area contributed by atoms with Crippen molar-refractivity contribution in [2.24, 2.45) is 4.99 Å². The topological polar surface area (TPSA) is 41.6 Å². The molecule has 0 aromatic carbocycles. The zero-order valence-corrected chi connectivity index (χ0v) is 7.61. The molecule has 0 aliphatic rings. The highest BCUT2D eigenvalue weighted by molar-refractivity contribution is 5.53. The van der Waals surface area contributed by atoms with Crippen molar-refractivity contribution in [3.63, 3.8) is 0 Å². The molecule has 1 heterocycles. The molecule has 1 rings (SSSR count). The smallest absolute Gasteiger partial charge is 0.133 e. The minimum Gasteiger partial charge on any atom is -0.369 e. The van der Waals surface area contributed by atoms with Crippen LogP contribution in [0.5, 0.6) is 0 Å². The number of aliphatic imine (C=N–C) groups is 1. The second kappa shape index (κ2) is 3.90. The number of hydrogen-bond acceptors (Lipinski definition) is 3. The third-order valence-corrected chi connectivity index (χ3v) is 1.24. The SMILES string of the molecule is Cc1cc(C/N=C/N(C)C)no1. The zero-order chi connectivity index (χ0) is 8.97. The maximum absolute atomic E-state index is 4.88. The van der Waals surface area contributed by atoms with Crippen molar-refractivity contribution in [2.75, 3.05) is 14.1 Å². The van der Waals surface area contributed by atoms with Crippen LogP contribution >= 0.6 is 0 Å². The monoisotopic (exact) mass is 167 g/mol. The van der Waals surface area contributed by atoms with Crippen molar-refractivity contribution < 1.29 is 4.52 Å². The molecule has 4 nitrogen and oxygen atoms in total. The van der Waals surface area contributed by atoms with Crippen LogP contribution in [-0.4, -0.2) is 30.5 Å². The van der Waals surface area contributed by atoms with Crippen molar-refractivity contribution in [3.05, 3.63) is 17.5 Å². The fraction of sp³-hybridized carbons (Fsp3) is 0.500. The number of aromatic nitrogens is 1. The van der Waals surface area contributed by atoms with Crippen LogP contribution in [0.25, 0.3) is 0 Å². The van der Waals surface area contributed by atoms with Crippen LogP contribution in [0.3, 0.4) is 0 Å². The Morgan fingerprint density at radius 2 is 2.42 bits per heavy atom. The molecule has 0 N–H and O–H groups in total. The lowest BCUT2D eigenvalue weighted by atomic mass is 10.4. The molecule has 0 bridgehead atoms. The molecule has 0 amide bonds.